The third kappa shape index (κ3) is 3.77. The molecule has 5 heteroatoms. The summed E-state index contributed by atoms with van der Waals surface area (Å²) in [6.07, 6.45) is 0. The SMILES string of the molecule is Cc1cccc(C(=O)N2CCN=C2SCc2ccccc2Cl)c1. The molecule has 2 aromatic carbocycles. The van der Waals surface area contributed by atoms with Crippen LogP contribution in [0.5, 0.6) is 0 Å². The Balaban J connectivity index is 1.70. The fraction of sp³-hybridized carbons (Fsp3) is 0.222. The van der Waals surface area contributed by atoms with Gasteiger partial charge in [0.15, 0.2) is 5.17 Å². The Labute approximate surface area is 145 Å². The van der Waals surface area contributed by atoms with Crippen molar-refractivity contribution in [1.29, 1.82) is 0 Å². The second-order valence-corrected chi connectivity index (χ2v) is 6.72. The number of carbonyl (C=O) groups excluding carboxylic acids is 1. The zero-order chi connectivity index (χ0) is 16.2. The van der Waals surface area contributed by atoms with Gasteiger partial charge in [-0.05, 0) is 30.7 Å². The molecular formula is C18H17ClN2OS. The van der Waals surface area contributed by atoms with Gasteiger partial charge in [-0.3, -0.25) is 14.7 Å². The number of aliphatic imine (C=N–C) groups is 1. The number of amidine groups is 1. The lowest BCUT2D eigenvalue weighted by Crippen LogP contribution is -2.32. The monoisotopic (exact) mass is 344 g/mol. The van der Waals surface area contributed by atoms with E-state index in [-0.39, 0.29) is 5.91 Å². The summed E-state index contributed by atoms with van der Waals surface area (Å²) >= 11 is 7.75. The Bertz CT molecular complexity index is 760. The second-order valence-electron chi connectivity index (χ2n) is 5.37. The normalized spacial score (nSPS) is 14.0. The van der Waals surface area contributed by atoms with Crippen molar-refractivity contribution in [2.24, 2.45) is 4.99 Å². The number of aryl methyl sites for hydroxylation is 1. The molecule has 0 aliphatic carbocycles. The van der Waals surface area contributed by atoms with E-state index in [0.717, 1.165) is 21.3 Å². The maximum atomic E-state index is 12.7. The lowest BCUT2D eigenvalue weighted by Gasteiger charge is -2.18. The third-order valence-corrected chi connectivity index (χ3v) is 5.06. The summed E-state index contributed by atoms with van der Waals surface area (Å²) in [5.41, 5.74) is 2.84. The van der Waals surface area contributed by atoms with Crippen LogP contribution in [0.1, 0.15) is 21.5 Å². The van der Waals surface area contributed by atoms with Crippen molar-refractivity contribution in [3.05, 3.63) is 70.2 Å². The minimum Gasteiger partial charge on any atom is -0.286 e. The van der Waals surface area contributed by atoms with E-state index < -0.39 is 0 Å². The molecular weight excluding hydrogens is 328 g/mol. The van der Waals surface area contributed by atoms with E-state index in [1.807, 2.05) is 55.5 Å². The minimum absolute atomic E-state index is 0.0107. The van der Waals surface area contributed by atoms with Gasteiger partial charge in [-0.15, -0.1) is 0 Å². The molecule has 3 rings (SSSR count). The summed E-state index contributed by atoms with van der Waals surface area (Å²) in [7, 11) is 0. The Kier molecular flexibility index (Phi) is 5.03. The van der Waals surface area contributed by atoms with Crippen LogP contribution in [-0.4, -0.2) is 29.1 Å². The lowest BCUT2D eigenvalue weighted by molar-refractivity contribution is 0.0860. The first-order chi connectivity index (χ1) is 11.1. The van der Waals surface area contributed by atoms with E-state index in [0.29, 0.717) is 24.4 Å². The van der Waals surface area contributed by atoms with Crippen LogP contribution in [0.3, 0.4) is 0 Å². The molecule has 2 aromatic rings. The van der Waals surface area contributed by atoms with Gasteiger partial charge in [-0.2, -0.15) is 0 Å². The summed E-state index contributed by atoms with van der Waals surface area (Å²) in [6, 6.07) is 15.4. The van der Waals surface area contributed by atoms with Crippen LogP contribution >= 0.6 is 23.4 Å². The molecule has 0 saturated carbocycles. The summed E-state index contributed by atoms with van der Waals surface area (Å²) in [4.78, 5) is 18.9. The van der Waals surface area contributed by atoms with E-state index in [9.17, 15) is 4.79 Å². The van der Waals surface area contributed by atoms with Gasteiger partial charge in [0.25, 0.3) is 5.91 Å². The molecule has 0 unspecified atom stereocenters. The van der Waals surface area contributed by atoms with E-state index in [1.165, 1.54) is 0 Å². The van der Waals surface area contributed by atoms with Crippen molar-refractivity contribution in [1.82, 2.24) is 4.90 Å². The van der Waals surface area contributed by atoms with Crippen LogP contribution in [0.2, 0.25) is 5.02 Å². The van der Waals surface area contributed by atoms with E-state index in [1.54, 1.807) is 16.7 Å². The molecule has 0 atom stereocenters. The molecule has 0 aromatic heterocycles. The van der Waals surface area contributed by atoms with Crippen molar-refractivity contribution >= 4 is 34.4 Å². The lowest BCUT2D eigenvalue weighted by atomic mass is 10.1. The van der Waals surface area contributed by atoms with Crippen LogP contribution in [0.15, 0.2) is 53.5 Å². The number of halogens is 1. The van der Waals surface area contributed by atoms with Crippen molar-refractivity contribution in [3.8, 4) is 0 Å². The van der Waals surface area contributed by atoms with E-state index >= 15 is 0 Å². The number of rotatable bonds is 3. The highest BCUT2D eigenvalue weighted by molar-refractivity contribution is 8.13. The quantitative estimate of drug-likeness (QED) is 0.827. The second kappa shape index (κ2) is 7.20. The van der Waals surface area contributed by atoms with Gasteiger partial charge in [0.2, 0.25) is 0 Å². The molecule has 0 fully saturated rings. The van der Waals surface area contributed by atoms with Gasteiger partial charge >= 0.3 is 0 Å². The summed E-state index contributed by atoms with van der Waals surface area (Å²) in [5, 5.41) is 1.52. The number of nitrogens with zero attached hydrogens (tertiary/aromatic N) is 2. The molecule has 0 saturated heterocycles. The first kappa shape index (κ1) is 16.1. The summed E-state index contributed by atoms with van der Waals surface area (Å²) in [6.45, 7) is 3.28. The number of hydrogen-bond donors (Lipinski definition) is 0. The van der Waals surface area contributed by atoms with E-state index in [4.69, 9.17) is 11.6 Å². The Morgan fingerprint density at radius 2 is 2.09 bits per heavy atom. The molecule has 0 bridgehead atoms. The minimum atomic E-state index is 0.0107. The zero-order valence-corrected chi connectivity index (χ0v) is 14.4. The Morgan fingerprint density at radius 3 is 2.87 bits per heavy atom. The molecule has 1 amide bonds. The summed E-state index contributed by atoms with van der Waals surface area (Å²) in [5.74, 6) is 0.715. The first-order valence-corrected chi connectivity index (χ1v) is 8.81. The number of benzene rings is 2. The van der Waals surface area contributed by atoms with Gasteiger partial charge in [-0.1, -0.05) is 59.3 Å². The molecule has 1 aliphatic heterocycles. The standard InChI is InChI=1S/C18H17ClN2OS/c1-13-5-4-7-14(11-13)17(22)21-10-9-20-18(21)23-12-15-6-2-3-8-16(15)19/h2-8,11H,9-10,12H2,1H3. The first-order valence-electron chi connectivity index (χ1n) is 7.44. The average Bonchev–Trinajstić information content (AvgIpc) is 3.02. The van der Waals surface area contributed by atoms with Crippen LogP contribution < -0.4 is 0 Å². The van der Waals surface area contributed by atoms with Crippen molar-refractivity contribution in [3.63, 3.8) is 0 Å². The predicted molar refractivity (Wildman–Crippen MR) is 97.3 cm³/mol. The van der Waals surface area contributed by atoms with Gasteiger partial charge in [0.1, 0.15) is 0 Å². The molecule has 1 aliphatic rings. The Hall–Kier alpha value is -1.78. The molecule has 0 spiro atoms. The topological polar surface area (TPSA) is 32.7 Å². The van der Waals surface area contributed by atoms with Crippen LogP contribution in [0.4, 0.5) is 0 Å². The smallest absolute Gasteiger partial charge is 0.259 e. The van der Waals surface area contributed by atoms with Crippen LogP contribution in [0.25, 0.3) is 0 Å². The van der Waals surface area contributed by atoms with Gasteiger partial charge in [0.05, 0.1) is 6.54 Å². The Morgan fingerprint density at radius 1 is 1.26 bits per heavy atom. The number of hydrogen-bond acceptors (Lipinski definition) is 3. The third-order valence-electron chi connectivity index (χ3n) is 3.63. The van der Waals surface area contributed by atoms with Gasteiger partial charge < -0.3 is 0 Å². The maximum absolute atomic E-state index is 12.7. The molecule has 1 heterocycles. The van der Waals surface area contributed by atoms with Gasteiger partial charge in [-0.25, -0.2) is 0 Å². The average molecular weight is 345 g/mol. The highest BCUT2D eigenvalue weighted by atomic mass is 35.5. The highest BCUT2D eigenvalue weighted by Crippen LogP contribution is 2.25. The van der Waals surface area contributed by atoms with E-state index in [2.05, 4.69) is 4.99 Å². The number of thioether (sulfide) groups is 1. The number of amides is 1. The van der Waals surface area contributed by atoms with Crippen LogP contribution in [0, 0.1) is 6.92 Å². The molecule has 23 heavy (non-hydrogen) atoms. The van der Waals surface area contributed by atoms with Crippen molar-refractivity contribution < 1.29 is 4.79 Å². The maximum Gasteiger partial charge on any atom is 0.259 e. The van der Waals surface area contributed by atoms with Crippen molar-refractivity contribution in [2.75, 3.05) is 13.1 Å². The molecule has 0 N–H and O–H groups in total. The number of carbonyl (C=O) groups is 1. The highest BCUT2D eigenvalue weighted by Gasteiger charge is 2.25. The van der Waals surface area contributed by atoms with Gasteiger partial charge in [0, 0.05) is 22.9 Å². The summed E-state index contributed by atoms with van der Waals surface area (Å²) < 4.78 is 0. The fourth-order valence-electron chi connectivity index (χ4n) is 2.43. The molecule has 0 radical (unpaired) electrons. The van der Waals surface area contributed by atoms with Crippen molar-refractivity contribution in [2.45, 2.75) is 12.7 Å². The largest absolute Gasteiger partial charge is 0.286 e. The predicted octanol–water partition coefficient (Wildman–Crippen LogP) is 4.39. The fourth-order valence-corrected chi connectivity index (χ4v) is 3.76. The zero-order valence-electron chi connectivity index (χ0n) is 12.8. The molecule has 3 nitrogen and oxygen atoms in total. The van der Waals surface area contributed by atoms with Crippen LogP contribution in [-0.2, 0) is 5.75 Å². The molecule has 118 valence electrons.